The molecule has 2 aromatic rings. The zero-order valence-corrected chi connectivity index (χ0v) is 19.8. The summed E-state index contributed by atoms with van der Waals surface area (Å²) in [6, 6.07) is 6.23. The lowest BCUT2D eigenvalue weighted by molar-refractivity contribution is -0.133. The number of nitrogens with one attached hydrogen (secondary N) is 2. The first kappa shape index (κ1) is 21.5. The second-order valence-corrected chi connectivity index (χ2v) is 10.1. The van der Waals surface area contributed by atoms with E-state index in [-0.39, 0.29) is 23.9 Å². The second-order valence-electron chi connectivity index (χ2n) is 10.1. The molecule has 0 radical (unpaired) electrons. The maximum absolute atomic E-state index is 13.8. The van der Waals surface area contributed by atoms with E-state index in [2.05, 4.69) is 34.6 Å². The van der Waals surface area contributed by atoms with Crippen LogP contribution in [-0.2, 0) is 11.2 Å². The number of carbonyl (C=O) groups is 2. The van der Waals surface area contributed by atoms with Crippen LogP contribution >= 0.6 is 0 Å². The number of hydrogen-bond acceptors (Lipinski definition) is 4. The number of nitrogens with zero attached hydrogens (tertiary/aromatic N) is 2. The lowest BCUT2D eigenvalue weighted by atomic mass is 9.78. The number of urea groups is 1. The molecule has 6 rings (SSSR count). The van der Waals surface area contributed by atoms with E-state index >= 15 is 0 Å². The summed E-state index contributed by atoms with van der Waals surface area (Å²) in [5.41, 5.74) is 2.29. The number of aromatic nitrogens is 1. The summed E-state index contributed by atoms with van der Waals surface area (Å²) in [5, 5.41) is 4.52. The van der Waals surface area contributed by atoms with Gasteiger partial charge >= 0.3 is 6.03 Å². The molecule has 2 fully saturated rings. The molecule has 1 aromatic heterocycles. The first-order valence-corrected chi connectivity index (χ1v) is 12.5. The summed E-state index contributed by atoms with van der Waals surface area (Å²) in [4.78, 5) is 34.6. The quantitative estimate of drug-likeness (QED) is 0.611. The van der Waals surface area contributed by atoms with E-state index in [0.29, 0.717) is 32.2 Å². The Morgan fingerprint density at radius 2 is 2.09 bits per heavy atom. The van der Waals surface area contributed by atoms with E-state index in [1.54, 1.807) is 0 Å². The van der Waals surface area contributed by atoms with Crippen molar-refractivity contribution < 1.29 is 14.3 Å². The highest BCUT2D eigenvalue weighted by atomic mass is 16.5. The molecule has 34 heavy (non-hydrogen) atoms. The lowest BCUT2D eigenvalue weighted by Crippen LogP contribution is -2.54. The van der Waals surface area contributed by atoms with Crippen molar-refractivity contribution in [2.75, 3.05) is 19.7 Å². The maximum Gasteiger partial charge on any atom is 0.328 e. The van der Waals surface area contributed by atoms with E-state index in [4.69, 9.17) is 4.74 Å². The van der Waals surface area contributed by atoms with Crippen molar-refractivity contribution in [2.45, 2.75) is 57.2 Å². The summed E-state index contributed by atoms with van der Waals surface area (Å²) in [6.45, 7) is 5.59. The summed E-state index contributed by atoms with van der Waals surface area (Å²) in [6.07, 6.45) is 12.1. The standard InChI is InChI=1S/C27H32N4O3/c1-3-34-19-11-12-22-20(15-19)21-16-27(2)25(32)30(14-13-28-18-9-10-18)26(33)31(27)24(23(21)29-22)17-7-5-4-6-8-17/h4-7,11-12,15,17-18,24,28-29H,3,8-10,13-14,16H2,1-2H3/t17?,24-,27+/m1/s1. The molecule has 0 spiro atoms. The number of ether oxygens (including phenoxy) is 1. The van der Waals surface area contributed by atoms with Crippen LogP contribution in [0.25, 0.3) is 10.9 Å². The van der Waals surface area contributed by atoms with Crippen molar-refractivity contribution in [3.63, 3.8) is 0 Å². The number of allylic oxidation sites excluding steroid dienone is 3. The van der Waals surface area contributed by atoms with Gasteiger partial charge in [0.2, 0.25) is 0 Å². The molecule has 178 valence electrons. The van der Waals surface area contributed by atoms with Gasteiger partial charge in [0, 0.05) is 48.1 Å². The highest BCUT2D eigenvalue weighted by Gasteiger charge is 2.60. The normalized spacial score (nSPS) is 28.1. The Hall–Kier alpha value is -3.06. The van der Waals surface area contributed by atoms with Gasteiger partial charge in [0.05, 0.1) is 12.6 Å². The highest BCUT2D eigenvalue weighted by molar-refractivity contribution is 6.08. The van der Waals surface area contributed by atoms with Gasteiger partial charge in [-0.1, -0.05) is 24.3 Å². The van der Waals surface area contributed by atoms with Crippen molar-refractivity contribution in [1.29, 1.82) is 0 Å². The molecular formula is C27H32N4O3. The molecule has 2 aliphatic heterocycles. The summed E-state index contributed by atoms with van der Waals surface area (Å²) < 4.78 is 5.77. The monoisotopic (exact) mass is 460 g/mol. The van der Waals surface area contributed by atoms with Crippen LogP contribution in [0.2, 0.25) is 0 Å². The molecule has 7 heteroatoms. The Morgan fingerprint density at radius 1 is 1.24 bits per heavy atom. The van der Waals surface area contributed by atoms with E-state index in [0.717, 1.165) is 34.3 Å². The fraction of sp³-hybridized carbons (Fsp3) is 0.481. The number of amides is 3. The van der Waals surface area contributed by atoms with Crippen LogP contribution in [0, 0.1) is 5.92 Å². The van der Waals surface area contributed by atoms with Crippen LogP contribution in [-0.4, -0.2) is 58.0 Å². The fourth-order valence-corrected chi connectivity index (χ4v) is 5.93. The van der Waals surface area contributed by atoms with Crippen LogP contribution in [0.4, 0.5) is 4.79 Å². The zero-order chi connectivity index (χ0) is 23.4. The molecule has 1 saturated heterocycles. The van der Waals surface area contributed by atoms with Gasteiger partial charge in [-0.25, -0.2) is 4.79 Å². The largest absolute Gasteiger partial charge is 0.494 e. The van der Waals surface area contributed by atoms with Crippen molar-refractivity contribution in [2.24, 2.45) is 5.92 Å². The average molecular weight is 461 g/mol. The maximum atomic E-state index is 13.8. The van der Waals surface area contributed by atoms with Crippen molar-refractivity contribution in [1.82, 2.24) is 20.1 Å². The molecule has 3 amide bonds. The molecule has 1 unspecified atom stereocenters. The van der Waals surface area contributed by atoms with Crippen LogP contribution in [0.1, 0.15) is 50.4 Å². The first-order valence-electron chi connectivity index (χ1n) is 12.5. The number of aromatic amines is 1. The summed E-state index contributed by atoms with van der Waals surface area (Å²) >= 11 is 0. The Labute approximate surface area is 199 Å². The average Bonchev–Trinajstić information content (AvgIpc) is 3.57. The third kappa shape index (κ3) is 3.28. The van der Waals surface area contributed by atoms with Crippen molar-refractivity contribution >= 4 is 22.8 Å². The number of hydrogen-bond donors (Lipinski definition) is 2. The third-order valence-corrected chi connectivity index (χ3v) is 7.76. The molecule has 3 heterocycles. The predicted octanol–water partition coefficient (Wildman–Crippen LogP) is 4.07. The van der Waals surface area contributed by atoms with Gasteiger partial charge in [-0.3, -0.25) is 9.69 Å². The van der Waals surface area contributed by atoms with Gasteiger partial charge < -0.3 is 19.9 Å². The number of benzene rings is 1. The fourth-order valence-electron chi connectivity index (χ4n) is 5.93. The second kappa shape index (κ2) is 8.01. The van der Waals surface area contributed by atoms with E-state index in [1.165, 1.54) is 17.7 Å². The Morgan fingerprint density at radius 3 is 2.82 bits per heavy atom. The molecule has 2 aliphatic carbocycles. The third-order valence-electron chi connectivity index (χ3n) is 7.76. The van der Waals surface area contributed by atoms with Gasteiger partial charge in [0.15, 0.2) is 0 Å². The Kier molecular flexibility index (Phi) is 5.06. The topological polar surface area (TPSA) is 77.7 Å². The van der Waals surface area contributed by atoms with Gasteiger partial charge in [0.25, 0.3) is 5.91 Å². The Balaban J connectivity index is 1.43. The summed E-state index contributed by atoms with van der Waals surface area (Å²) in [5.74, 6) is 0.837. The molecule has 1 aromatic carbocycles. The van der Waals surface area contributed by atoms with Crippen molar-refractivity contribution in [3.05, 3.63) is 53.8 Å². The smallest absolute Gasteiger partial charge is 0.328 e. The molecule has 4 aliphatic rings. The molecule has 3 atom stereocenters. The number of H-pyrrole nitrogens is 1. The molecule has 1 saturated carbocycles. The lowest BCUT2D eigenvalue weighted by Gasteiger charge is -2.45. The SMILES string of the molecule is CCOc1ccc2[nH]c3c(c2c1)C[C@@]1(C)C(=O)N(CCNC2CC2)C(=O)N1[C@@H]3C1C=CC=CC1. The van der Waals surface area contributed by atoms with Crippen molar-refractivity contribution in [3.8, 4) is 5.75 Å². The predicted molar refractivity (Wildman–Crippen MR) is 131 cm³/mol. The van der Waals surface area contributed by atoms with Gasteiger partial charge in [-0.05, 0) is 56.9 Å². The van der Waals surface area contributed by atoms with Gasteiger partial charge in [-0.2, -0.15) is 0 Å². The summed E-state index contributed by atoms with van der Waals surface area (Å²) in [7, 11) is 0. The van der Waals surface area contributed by atoms with E-state index in [1.807, 2.05) is 37.0 Å². The minimum absolute atomic E-state index is 0.0867. The Bertz CT molecular complexity index is 1210. The van der Waals surface area contributed by atoms with Crippen LogP contribution in [0.3, 0.4) is 0 Å². The number of fused-ring (bicyclic) bond motifs is 4. The number of rotatable bonds is 7. The van der Waals surface area contributed by atoms with Gasteiger partial charge in [0.1, 0.15) is 11.3 Å². The first-order chi connectivity index (χ1) is 16.5. The van der Waals surface area contributed by atoms with Gasteiger partial charge in [-0.15, -0.1) is 0 Å². The van der Waals surface area contributed by atoms with Crippen LogP contribution < -0.4 is 10.1 Å². The molecular weight excluding hydrogens is 428 g/mol. The van der Waals surface area contributed by atoms with E-state index < -0.39 is 5.54 Å². The zero-order valence-electron chi connectivity index (χ0n) is 19.8. The number of carbonyl (C=O) groups excluding carboxylic acids is 2. The molecule has 0 bridgehead atoms. The van der Waals surface area contributed by atoms with Crippen LogP contribution in [0.15, 0.2) is 42.5 Å². The highest BCUT2D eigenvalue weighted by Crippen LogP contribution is 2.50. The minimum Gasteiger partial charge on any atom is -0.494 e. The molecule has 7 nitrogen and oxygen atoms in total. The number of imide groups is 1. The minimum atomic E-state index is -0.903. The molecule has 2 N–H and O–H groups in total. The van der Waals surface area contributed by atoms with E-state index in [9.17, 15) is 9.59 Å². The van der Waals surface area contributed by atoms with Crippen LogP contribution in [0.5, 0.6) is 5.75 Å².